The Balaban J connectivity index is 0.00000420. The maximum atomic E-state index is 12.5. The van der Waals surface area contributed by atoms with Crippen LogP contribution in [0.1, 0.15) is 29.8 Å². The summed E-state index contributed by atoms with van der Waals surface area (Å²) in [6, 6.07) is 17.5. The summed E-state index contributed by atoms with van der Waals surface area (Å²) in [6.45, 7) is 9.54. The Morgan fingerprint density at radius 3 is 2.48 bits per heavy atom. The van der Waals surface area contributed by atoms with Gasteiger partial charge in [0, 0.05) is 25.7 Å². The second kappa shape index (κ2) is 13.0. The Bertz CT molecular complexity index is 753. The van der Waals surface area contributed by atoms with Crippen molar-refractivity contribution in [2.24, 2.45) is 0 Å². The average molecular weight is 419 g/mol. The molecule has 1 unspecified atom stereocenters. The number of rotatable bonds is 11. The van der Waals surface area contributed by atoms with E-state index in [2.05, 4.69) is 42.8 Å². The van der Waals surface area contributed by atoms with Crippen molar-refractivity contribution in [3.63, 3.8) is 0 Å². The predicted molar refractivity (Wildman–Crippen MR) is 120 cm³/mol. The Kier molecular flexibility index (Phi) is 11.1. The van der Waals surface area contributed by atoms with Crippen molar-refractivity contribution in [3.05, 3.63) is 78.4 Å². The van der Waals surface area contributed by atoms with Crippen molar-refractivity contribution in [3.8, 4) is 5.75 Å². The van der Waals surface area contributed by atoms with Gasteiger partial charge in [-0.1, -0.05) is 55.1 Å². The lowest BCUT2D eigenvalue weighted by Crippen LogP contribution is -2.42. The highest BCUT2D eigenvalue weighted by Crippen LogP contribution is 2.17. The molecule has 0 aliphatic heterocycles. The minimum absolute atomic E-state index is 0. The Hall–Kier alpha value is -2.34. The van der Waals surface area contributed by atoms with Gasteiger partial charge in [-0.2, -0.15) is 0 Å². The number of para-hydroxylation sites is 1. The summed E-state index contributed by atoms with van der Waals surface area (Å²) in [4.78, 5) is 14.7. The van der Waals surface area contributed by atoms with Crippen molar-refractivity contribution in [1.82, 2.24) is 10.2 Å². The SMILES string of the molecule is C=CCOc1ccccc1C(=O)NCC(O)CN(Cc1ccccc1)C(C)C.Cl. The van der Waals surface area contributed by atoms with Crippen LogP contribution in [-0.4, -0.2) is 47.8 Å². The number of hydrogen-bond acceptors (Lipinski definition) is 4. The molecule has 0 radical (unpaired) electrons. The number of aliphatic hydroxyl groups is 1. The third kappa shape index (κ3) is 8.28. The zero-order valence-electron chi connectivity index (χ0n) is 17.1. The second-order valence-electron chi connectivity index (χ2n) is 6.97. The van der Waals surface area contributed by atoms with Crippen LogP contribution in [0.25, 0.3) is 0 Å². The molecule has 0 saturated carbocycles. The van der Waals surface area contributed by atoms with Crippen molar-refractivity contribution < 1.29 is 14.6 Å². The molecule has 2 aromatic carbocycles. The largest absolute Gasteiger partial charge is 0.489 e. The predicted octanol–water partition coefficient (Wildman–Crippen LogP) is 3.67. The molecule has 6 heteroatoms. The standard InChI is InChI=1S/C23H30N2O3.ClH/c1-4-14-28-22-13-9-8-12-21(22)23(27)24-15-20(26)17-25(18(2)3)16-19-10-6-5-7-11-19;/h4-13,18,20,26H,1,14-17H2,2-3H3,(H,24,27);1H. The summed E-state index contributed by atoms with van der Waals surface area (Å²) in [5, 5.41) is 13.3. The third-order valence-electron chi connectivity index (χ3n) is 4.39. The van der Waals surface area contributed by atoms with Gasteiger partial charge >= 0.3 is 0 Å². The monoisotopic (exact) mass is 418 g/mol. The number of carbonyl (C=O) groups excluding carboxylic acids is 1. The van der Waals surface area contributed by atoms with E-state index in [0.29, 0.717) is 24.5 Å². The molecular weight excluding hydrogens is 388 g/mol. The van der Waals surface area contributed by atoms with Crippen molar-refractivity contribution in [1.29, 1.82) is 0 Å². The highest BCUT2D eigenvalue weighted by atomic mass is 35.5. The summed E-state index contributed by atoms with van der Waals surface area (Å²) in [6.07, 6.45) is 0.961. The quantitative estimate of drug-likeness (QED) is 0.546. The Morgan fingerprint density at radius 1 is 1.17 bits per heavy atom. The number of amides is 1. The molecule has 0 spiro atoms. The van der Waals surface area contributed by atoms with Crippen LogP contribution >= 0.6 is 12.4 Å². The number of aliphatic hydroxyl groups excluding tert-OH is 1. The van der Waals surface area contributed by atoms with E-state index in [1.165, 1.54) is 5.56 Å². The van der Waals surface area contributed by atoms with Gasteiger partial charge < -0.3 is 15.2 Å². The van der Waals surface area contributed by atoms with Crippen molar-refractivity contribution in [2.75, 3.05) is 19.7 Å². The fraction of sp³-hybridized carbons (Fsp3) is 0.348. The molecule has 0 aromatic heterocycles. The van der Waals surface area contributed by atoms with Gasteiger partial charge in [-0.3, -0.25) is 9.69 Å². The molecule has 0 aliphatic rings. The van der Waals surface area contributed by atoms with Gasteiger partial charge in [0.05, 0.1) is 11.7 Å². The number of benzene rings is 2. The third-order valence-corrected chi connectivity index (χ3v) is 4.39. The number of carbonyl (C=O) groups is 1. The molecule has 2 N–H and O–H groups in total. The van der Waals surface area contributed by atoms with Crippen LogP contribution in [0.5, 0.6) is 5.75 Å². The molecule has 0 aliphatic carbocycles. The van der Waals surface area contributed by atoms with E-state index in [9.17, 15) is 9.90 Å². The molecule has 0 saturated heterocycles. The summed E-state index contributed by atoms with van der Waals surface area (Å²) < 4.78 is 5.53. The van der Waals surface area contributed by atoms with Gasteiger partial charge in [0.15, 0.2) is 0 Å². The van der Waals surface area contributed by atoms with E-state index in [1.54, 1.807) is 24.3 Å². The molecule has 1 atom stereocenters. The van der Waals surface area contributed by atoms with Crippen molar-refractivity contribution >= 4 is 18.3 Å². The summed E-state index contributed by atoms with van der Waals surface area (Å²) in [7, 11) is 0. The lowest BCUT2D eigenvalue weighted by Gasteiger charge is -2.29. The van der Waals surface area contributed by atoms with E-state index in [1.807, 2.05) is 24.3 Å². The Labute approximate surface area is 179 Å². The van der Waals surface area contributed by atoms with E-state index in [-0.39, 0.29) is 30.9 Å². The molecule has 0 fully saturated rings. The molecule has 2 aromatic rings. The number of hydrogen-bond donors (Lipinski definition) is 2. The van der Waals surface area contributed by atoms with Crippen molar-refractivity contribution in [2.45, 2.75) is 32.5 Å². The molecule has 0 heterocycles. The van der Waals surface area contributed by atoms with Crippen LogP contribution in [-0.2, 0) is 6.54 Å². The van der Waals surface area contributed by atoms with Crippen LogP contribution in [0.3, 0.4) is 0 Å². The molecule has 1 amide bonds. The Morgan fingerprint density at radius 2 is 1.83 bits per heavy atom. The number of halogens is 1. The lowest BCUT2D eigenvalue weighted by molar-refractivity contribution is 0.0786. The average Bonchev–Trinajstić information content (AvgIpc) is 2.71. The highest BCUT2D eigenvalue weighted by Gasteiger charge is 2.17. The van der Waals surface area contributed by atoms with Gasteiger partial charge in [-0.15, -0.1) is 12.4 Å². The van der Waals surface area contributed by atoms with Crippen LogP contribution in [0.4, 0.5) is 0 Å². The second-order valence-corrected chi connectivity index (χ2v) is 6.97. The minimum atomic E-state index is -0.670. The molecule has 0 bridgehead atoms. The first-order chi connectivity index (χ1) is 13.5. The van der Waals surface area contributed by atoms with Crippen LogP contribution in [0.2, 0.25) is 0 Å². The smallest absolute Gasteiger partial charge is 0.255 e. The van der Waals surface area contributed by atoms with Gasteiger partial charge in [-0.05, 0) is 31.5 Å². The maximum absolute atomic E-state index is 12.5. The van der Waals surface area contributed by atoms with Crippen LogP contribution < -0.4 is 10.1 Å². The first kappa shape index (κ1) is 24.7. The summed E-state index contributed by atoms with van der Waals surface area (Å²) in [5.74, 6) is 0.236. The molecule has 5 nitrogen and oxygen atoms in total. The van der Waals surface area contributed by atoms with Gasteiger partial charge in [0.2, 0.25) is 0 Å². The number of ether oxygens (including phenoxy) is 1. The van der Waals surface area contributed by atoms with Gasteiger partial charge in [0.1, 0.15) is 12.4 Å². The molecule has 29 heavy (non-hydrogen) atoms. The normalized spacial score (nSPS) is 11.6. The molecular formula is C23H31ClN2O3. The molecule has 158 valence electrons. The minimum Gasteiger partial charge on any atom is -0.489 e. The zero-order chi connectivity index (χ0) is 20.4. The topological polar surface area (TPSA) is 61.8 Å². The van der Waals surface area contributed by atoms with E-state index in [4.69, 9.17) is 4.74 Å². The van der Waals surface area contributed by atoms with E-state index in [0.717, 1.165) is 6.54 Å². The maximum Gasteiger partial charge on any atom is 0.255 e. The number of nitrogens with one attached hydrogen (secondary N) is 1. The lowest BCUT2D eigenvalue weighted by atomic mass is 10.1. The van der Waals surface area contributed by atoms with E-state index < -0.39 is 6.10 Å². The summed E-state index contributed by atoms with van der Waals surface area (Å²) in [5.41, 5.74) is 1.64. The summed E-state index contributed by atoms with van der Waals surface area (Å²) >= 11 is 0. The fourth-order valence-corrected chi connectivity index (χ4v) is 2.85. The van der Waals surface area contributed by atoms with Gasteiger partial charge in [0.25, 0.3) is 5.91 Å². The fourth-order valence-electron chi connectivity index (χ4n) is 2.85. The first-order valence-corrected chi connectivity index (χ1v) is 9.58. The zero-order valence-corrected chi connectivity index (χ0v) is 17.9. The van der Waals surface area contributed by atoms with E-state index >= 15 is 0 Å². The van der Waals surface area contributed by atoms with Crippen LogP contribution in [0.15, 0.2) is 67.3 Å². The number of nitrogens with zero attached hydrogens (tertiary/aromatic N) is 1. The molecule has 2 rings (SSSR count). The highest BCUT2D eigenvalue weighted by molar-refractivity contribution is 5.96. The first-order valence-electron chi connectivity index (χ1n) is 9.58. The van der Waals surface area contributed by atoms with Crippen LogP contribution in [0, 0.1) is 0 Å². The van der Waals surface area contributed by atoms with Gasteiger partial charge in [-0.25, -0.2) is 0 Å².